The summed E-state index contributed by atoms with van der Waals surface area (Å²) in [6.07, 6.45) is 1.97. The molecule has 2 atom stereocenters. The van der Waals surface area contributed by atoms with Gasteiger partial charge in [-0.2, -0.15) is 0 Å². The Morgan fingerprint density at radius 1 is 1.29 bits per heavy atom. The summed E-state index contributed by atoms with van der Waals surface area (Å²) in [6, 6.07) is 0. The Balaban J connectivity index is 3.75. The van der Waals surface area contributed by atoms with Crippen LogP contribution in [0.4, 0.5) is 0 Å². The molecule has 0 spiro atoms. The van der Waals surface area contributed by atoms with E-state index in [0.29, 0.717) is 43.9 Å². The van der Waals surface area contributed by atoms with Crippen molar-refractivity contribution in [2.45, 2.75) is 34.1 Å². The van der Waals surface area contributed by atoms with E-state index in [1.807, 2.05) is 0 Å². The molecule has 0 aromatic rings. The second kappa shape index (κ2) is 12.6. The second-order valence-electron chi connectivity index (χ2n) is 5.38. The highest BCUT2D eigenvalue weighted by Crippen LogP contribution is 2.21. The third-order valence-electron chi connectivity index (χ3n) is 3.50. The molecule has 21 heavy (non-hydrogen) atoms. The van der Waals surface area contributed by atoms with Gasteiger partial charge in [-0.25, -0.2) is 0 Å². The number of ether oxygens (including phenoxy) is 2. The number of hydrogen-bond acceptors (Lipinski definition) is 5. The monoisotopic (exact) mass is 302 g/mol. The van der Waals surface area contributed by atoms with E-state index in [4.69, 9.17) is 14.3 Å². The summed E-state index contributed by atoms with van der Waals surface area (Å²) in [5.74, 6) is 1.42. The Labute approximate surface area is 128 Å². The van der Waals surface area contributed by atoms with Crippen LogP contribution in [0.3, 0.4) is 0 Å². The molecular formula is C15H30N2O4. The highest BCUT2D eigenvalue weighted by Gasteiger charge is 2.20. The molecule has 1 amide bonds. The quantitative estimate of drug-likeness (QED) is 0.259. The molecule has 0 aromatic carbocycles. The van der Waals surface area contributed by atoms with Gasteiger partial charge in [-0.1, -0.05) is 32.9 Å². The van der Waals surface area contributed by atoms with Crippen molar-refractivity contribution in [2.24, 2.45) is 22.9 Å². The first-order valence-corrected chi connectivity index (χ1v) is 7.50. The van der Waals surface area contributed by atoms with Gasteiger partial charge in [-0.05, 0) is 11.8 Å². The Morgan fingerprint density at radius 3 is 2.57 bits per heavy atom. The maximum atomic E-state index is 11.0. The molecule has 1 N–H and O–H groups in total. The van der Waals surface area contributed by atoms with Crippen molar-refractivity contribution in [1.29, 1.82) is 0 Å². The maximum Gasteiger partial charge on any atom is 0.220 e. The first-order chi connectivity index (χ1) is 10.0. The molecule has 124 valence electrons. The van der Waals surface area contributed by atoms with Gasteiger partial charge in [0.05, 0.1) is 26.0 Å². The van der Waals surface area contributed by atoms with Gasteiger partial charge in [-0.15, -0.1) is 0 Å². The zero-order chi connectivity index (χ0) is 16.1. The Kier molecular flexibility index (Phi) is 11.9. The molecule has 0 aliphatic heterocycles. The average Bonchev–Trinajstić information content (AvgIpc) is 2.47. The molecule has 0 radical (unpaired) electrons. The van der Waals surface area contributed by atoms with Crippen LogP contribution >= 0.6 is 0 Å². The number of nitrogens with one attached hydrogen (secondary N) is 1. The molecule has 6 heteroatoms. The molecule has 0 aliphatic rings. The number of nitrogens with zero attached hydrogens (tertiary/aromatic N) is 1. The third-order valence-corrected chi connectivity index (χ3v) is 3.50. The number of hydrogen-bond donors (Lipinski definition) is 1. The van der Waals surface area contributed by atoms with Crippen LogP contribution in [0.5, 0.6) is 0 Å². The molecular weight excluding hydrogens is 272 g/mol. The van der Waals surface area contributed by atoms with Gasteiger partial charge in [0.1, 0.15) is 0 Å². The maximum absolute atomic E-state index is 11.0. The topological polar surface area (TPSA) is 69.2 Å². The van der Waals surface area contributed by atoms with E-state index < -0.39 is 0 Å². The van der Waals surface area contributed by atoms with E-state index in [0.717, 1.165) is 0 Å². The lowest BCUT2D eigenvalue weighted by molar-refractivity contribution is -0.120. The number of rotatable bonds is 12. The first kappa shape index (κ1) is 19.9. The van der Waals surface area contributed by atoms with Gasteiger partial charge in [0, 0.05) is 19.4 Å². The summed E-state index contributed by atoms with van der Waals surface area (Å²) in [4.78, 5) is 15.9. The lowest BCUT2D eigenvalue weighted by atomic mass is 9.86. The molecule has 0 heterocycles. The minimum absolute atomic E-state index is 0.0113. The molecule has 0 aromatic heterocycles. The van der Waals surface area contributed by atoms with E-state index in [2.05, 4.69) is 31.2 Å². The fraction of sp³-hybridized carbons (Fsp3) is 0.867. The van der Waals surface area contributed by atoms with Crippen LogP contribution in [0.15, 0.2) is 5.16 Å². The molecule has 6 nitrogen and oxygen atoms in total. The van der Waals surface area contributed by atoms with Crippen LogP contribution in [0.1, 0.15) is 34.1 Å². The van der Waals surface area contributed by atoms with Crippen molar-refractivity contribution < 1.29 is 19.1 Å². The van der Waals surface area contributed by atoms with E-state index >= 15 is 0 Å². The van der Waals surface area contributed by atoms with Gasteiger partial charge < -0.3 is 19.6 Å². The van der Waals surface area contributed by atoms with Crippen molar-refractivity contribution in [3.05, 3.63) is 0 Å². The predicted octanol–water partition coefficient (Wildman–Crippen LogP) is 2.04. The van der Waals surface area contributed by atoms with Crippen molar-refractivity contribution >= 4 is 12.1 Å². The SMILES string of the molecule is CCC(=O)NCC=NOCOCC(COC)C(C)C(C)C. The number of methoxy groups -OCH3 is 1. The van der Waals surface area contributed by atoms with Crippen LogP contribution in [0.2, 0.25) is 0 Å². The van der Waals surface area contributed by atoms with Crippen LogP contribution in [0, 0.1) is 17.8 Å². The fourth-order valence-corrected chi connectivity index (χ4v) is 1.75. The molecule has 0 bridgehead atoms. The van der Waals surface area contributed by atoms with Crippen LogP contribution < -0.4 is 5.32 Å². The second-order valence-corrected chi connectivity index (χ2v) is 5.38. The van der Waals surface area contributed by atoms with E-state index in [1.54, 1.807) is 14.0 Å². The zero-order valence-electron chi connectivity index (χ0n) is 13.9. The van der Waals surface area contributed by atoms with Crippen LogP contribution in [-0.2, 0) is 19.1 Å². The van der Waals surface area contributed by atoms with Gasteiger partial charge in [-0.3, -0.25) is 4.79 Å². The number of oxime groups is 1. The summed E-state index contributed by atoms with van der Waals surface area (Å²) >= 11 is 0. The van der Waals surface area contributed by atoms with Crippen molar-refractivity contribution in [3.8, 4) is 0 Å². The molecule has 0 fully saturated rings. The first-order valence-electron chi connectivity index (χ1n) is 7.50. The summed E-state index contributed by atoms with van der Waals surface area (Å²) in [5, 5.41) is 6.36. The van der Waals surface area contributed by atoms with Crippen molar-refractivity contribution in [1.82, 2.24) is 5.32 Å². The van der Waals surface area contributed by atoms with Gasteiger partial charge in [0.15, 0.2) is 0 Å². The minimum Gasteiger partial charge on any atom is -0.384 e. The van der Waals surface area contributed by atoms with Crippen LogP contribution in [-0.4, -0.2) is 45.8 Å². The molecule has 0 saturated heterocycles. The minimum atomic E-state index is -0.0113. The lowest BCUT2D eigenvalue weighted by Crippen LogP contribution is -2.26. The van der Waals surface area contributed by atoms with Crippen molar-refractivity contribution in [2.75, 3.05) is 33.7 Å². The van der Waals surface area contributed by atoms with Crippen LogP contribution in [0.25, 0.3) is 0 Å². The highest BCUT2D eigenvalue weighted by molar-refractivity contribution is 5.78. The summed E-state index contributed by atoms with van der Waals surface area (Å²) in [5.41, 5.74) is 0. The Morgan fingerprint density at radius 2 is 2.00 bits per heavy atom. The smallest absolute Gasteiger partial charge is 0.220 e. The standard InChI is InChI=1S/C15H30N2O4/c1-6-15(18)16-7-8-17-21-11-20-10-14(9-19-5)13(4)12(2)3/h8,12-14H,6-7,9-11H2,1-5H3,(H,16,18). The lowest BCUT2D eigenvalue weighted by Gasteiger charge is -2.25. The number of carbonyl (C=O) groups excluding carboxylic acids is 1. The summed E-state index contributed by atoms with van der Waals surface area (Å²) < 4.78 is 10.7. The molecule has 0 aliphatic carbocycles. The van der Waals surface area contributed by atoms with E-state index in [1.165, 1.54) is 6.21 Å². The summed E-state index contributed by atoms with van der Waals surface area (Å²) in [7, 11) is 1.70. The Bertz CT molecular complexity index is 295. The molecule has 0 saturated carbocycles. The Hall–Kier alpha value is -1.14. The highest BCUT2D eigenvalue weighted by atomic mass is 16.7. The van der Waals surface area contributed by atoms with Gasteiger partial charge in [0.2, 0.25) is 12.7 Å². The molecule has 2 unspecified atom stereocenters. The average molecular weight is 302 g/mol. The fourth-order valence-electron chi connectivity index (χ4n) is 1.75. The predicted molar refractivity (Wildman–Crippen MR) is 83.1 cm³/mol. The van der Waals surface area contributed by atoms with E-state index in [-0.39, 0.29) is 12.7 Å². The number of carbonyl (C=O) groups is 1. The van der Waals surface area contributed by atoms with E-state index in [9.17, 15) is 4.79 Å². The van der Waals surface area contributed by atoms with Crippen molar-refractivity contribution in [3.63, 3.8) is 0 Å². The number of amides is 1. The normalized spacial score (nSPS) is 14.4. The summed E-state index contributed by atoms with van der Waals surface area (Å²) in [6.45, 7) is 10.1. The zero-order valence-corrected chi connectivity index (χ0v) is 13.9. The largest absolute Gasteiger partial charge is 0.384 e. The van der Waals surface area contributed by atoms with Gasteiger partial charge in [0.25, 0.3) is 0 Å². The van der Waals surface area contributed by atoms with Gasteiger partial charge >= 0.3 is 0 Å². The third kappa shape index (κ3) is 10.3. The molecule has 0 rings (SSSR count).